The van der Waals surface area contributed by atoms with Crippen molar-refractivity contribution >= 4 is 27.4 Å². The van der Waals surface area contributed by atoms with E-state index in [0.29, 0.717) is 6.54 Å². The molecule has 2 aliphatic rings. The van der Waals surface area contributed by atoms with E-state index < -0.39 is 0 Å². The number of nitrogens with one attached hydrogen (secondary N) is 1. The largest absolute Gasteiger partial charge is 0.497 e. The number of morpholine rings is 1. The smallest absolute Gasteiger partial charge is 0.146 e. The summed E-state index contributed by atoms with van der Waals surface area (Å²) < 4.78 is 10.8. The van der Waals surface area contributed by atoms with Gasteiger partial charge in [0.05, 0.1) is 32.3 Å². The van der Waals surface area contributed by atoms with Gasteiger partial charge in [-0.05, 0) is 42.5 Å². The zero-order valence-electron chi connectivity index (χ0n) is 16.7. The average Bonchev–Trinajstić information content (AvgIpc) is 3.34. The number of hydrogen-bond donors (Lipinski definition) is 1. The van der Waals surface area contributed by atoms with Crippen LogP contribution in [0.25, 0.3) is 10.2 Å². The highest BCUT2D eigenvalue weighted by atomic mass is 32.1. The van der Waals surface area contributed by atoms with Gasteiger partial charge < -0.3 is 14.8 Å². The number of fused-ring (bicyclic) bond motifs is 3. The van der Waals surface area contributed by atoms with Gasteiger partial charge in [-0.2, -0.15) is 0 Å². The van der Waals surface area contributed by atoms with Crippen molar-refractivity contribution in [1.82, 2.24) is 14.9 Å². The lowest BCUT2D eigenvalue weighted by Crippen LogP contribution is -2.36. The van der Waals surface area contributed by atoms with E-state index in [-0.39, 0.29) is 0 Å². The maximum atomic E-state index is 5.48. The molecule has 0 amide bonds. The highest BCUT2D eigenvalue weighted by Crippen LogP contribution is 2.39. The number of aryl methyl sites for hydroxylation is 2. The summed E-state index contributed by atoms with van der Waals surface area (Å²) in [7, 11) is 1.70. The van der Waals surface area contributed by atoms with Crippen molar-refractivity contribution in [2.75, 3.05) is 38.7 Å². The van der Waals surface area contributed by atoms with E-state index in [9.17, 15) is 0 Å². The Kier molecular flexibility index (Phi) is 5.35. The van der Waals surface area contributed by atoms with Crippen molar-refractivity contribution < 1.29 is 9.47 Å². The third-order valence-corrected chi connectivity index (χ3v) is 6.86. The Morgan fingerprint density at radius 1 is 1.21 bits per heavy atom. The van der Waals surface area contributed by atoms with Gasteiger partial charge in [0, 0.05) is 24.5 Å². The van der Waals surface area contributed by atoms with Gasteiger partial charge in [0.2, 0.25) is 0 Å². The van der Waals surface area contributed by atoms with Gasteiger partial charge >= 0.3 is 0 Å². The van der Waals surface area contributed by atoms with E-state index in [1.54, 1.807) is 7.11 Å². The number of anilines is 1. The normalized spacial score (nSPS) is 16.9. The molecule has 7 heteroatoms. The molecule has 0 saturated carbocycles. The number of hydrogen-bond acceptors (Lipinski definition) is 7. The van der Waals surface area contributed by atoms with Crippen LogP contribution in [0.15, 0.2) is 24.3 Å². The van der Waals surface area contributed by atoms with Crippen molar-refractivity contribution in [1.29, 1.82) is 0 Å². The third-order valence-electron chi connectivity index (χ3n) is 5.67. The molecule has 2 aromatic heterocycles. The molecule has 0 unspecified atom stereocenters. The van der Waals surface area contributed by atoms with Crippen LogP contribution in [0, 0.1) is 0 Å². The Bertz CT molecular complexity index is 1010. The standard InChI is InChI=1S/C22H26N4O2S/c1-27-16-5-2-4-15(12-16)13-23-21-20-17-6-3-7-18(17)29-22(20)25-19(24-21)14-26-8-10-28-11-9-26/h2,4-5,12H,3,6-11,13-14H2,1H3,(H,23,24,25). The second-order valence-corrected chi connectivity index (χ2v) is 8.70. The first kappa shape index (κ1) is 18.8. The third kappa shape index (κ3) is 3.95. The molecule has 5 rings (SSSR count). The zero-order chi connectivity index (χ0) is 19.6. The van der Waals surface area contributed by atoms with Crippen molar-refractivity contribution in [2.45, 2.75) is 32.4 Å². The Morgan fingerprint density at radius 2 is 2.10 bits per heavy atom. The van der Waals surface area contributed by atoms with Gasteiger partial charge in [-0.15, -0.1) is 11.3 Å². The number of benzene rings is 1. The van der Waals surface area contributed by atoms with Crippen LogP contribution in [-0.4, -0.2) is 48.3 Å². The topological polar surface area (TPSA) is 59.5 Å². The molecule has 1 N–H and O–H groups in total. The lowest BCUT2D eigenvalue weighted by Gasteiger charge is -2.25. The van der Waals surface area contributed by atoms with Crippen LogP contribution in [0.3, 0.4) is 0 Å². The Hall–Kier alpha value is -2.22. The van der Waals surface area contributed by atoms with Crippen LogP contribution in [-0.2, 0) is 30.7 Å². The molecule has 1 aliphatic carbocycles. The lowest BCUT2D eigenvalue weighted by atomic mass is 10.1. The summed E-state index contributed by atoms with van der Waals surface area (Å²) in [5.74, 6) is 2.74. The molecule has 0 atom stereocenters. The molecule has 0 radical (unpaired) electrons. The molecule has 0 spiro atoms. The highest BCUT2D eigenvalue weighted by molar-refractivity contribution is 7.19. The van der Waals surface area contributed by atoms with Crippen LogP contribution >= 0.6 is 11.3 Å². The second kappa shape index (κ2) is 8.26. The molecule has 152 valence electrons. The van der Waals surface area contributed by atoms with Gasteiger partial charge in [-0.3, -0.25) is 4.90 Å². The summed E-state index contributed by atoms with van der Waals surface area (Å²) in [4.78, 5) is 14.9. The Morgan fingerprint density at radius 3 is 2.97 bits per heavy atom. The number of rotatable bonds is 6. The van der Waals surface area contributed by atoms with Crippen LogP contribution in [0.5, 0.6) is 5.75 Å². The molecule has 29 heavy (non-hydrogen) atoms. The Balaban J connectivity index is 1.45. The van der Waals surface area contributed by atoms with Crippen LogP contribution in [0.2, 0.25) is 0 Å². The monoisotopic (exact) mass is 410 g/mol. The molecule has 6 nitrogen and oxygen atoms in total. The molecule has 1 aromatic carbocycles. The lowest BCUT2D eigenvalue weighted by molar-refractivity contribution is 0.0331. The number of nitrogens with zero attached hydrogens (tertiary/aromatic N) is 3. The number of methoxy groups -OCH3 is 1. The summed E-state index contributed by atoms with van der Waals surface area (Å²) in [5.41, 5.74) is 2.63. The predicted octanol–water partition coefficient (Wildman–Crippen LogP) is 3.63. The Labute approximate surface area is 174 Å². The summed E-state index contributed by atoms with van der Waals surface area (Å²) in [6, 6.07) is 8.18. The van der Waals surface area contributed by atoms with Gasteiger partial charge in [-0.25, -0.2) is 9.97 Å². The fourth-order valence-electron chi connectivity index (χ4n) is 4.17. The van der Waals surface area contributed by atoms with Crippen molar-refractivity contribution in [3.63, 3.8) is 0 Å². The molecular formula is C22H26N4O2S. The quantitative estimate of drug-likeness (QED) is 0.670. The highest BCUT2D eigenvalue weighted by Gasteiger charge is 2.23. The summed E-state index contributed by atoms with van der Waals surface area (Å²) in [6.45, 7) is 4.94. The minimum Gasteiger partial charge on any atom is -0.497 e. The first-order chi connectivity index (χ1) is 14.3. The molecule has 1 aliphatic heterocycles. The molecule has 1 fully saturated rings. The van der Waals surface area contributed by atoms with Crippen LogP contribution in [0.1, 0.15) is 28.2 Å². The van der Waals surface area contributed by atoms with E-state index in [1.807, 2.05) is 23.5 Å². The first-order valence-corrected chi connectivity index (χ1v) is 11.1. The van der Waals surface area contributed by atoms with E-state index in [2.05, 4.69) is 22.3 Å². The molecule has 1 saturated heterocycles. The number of ether oxygens (including phenoxy) is 2. The maximum absolute atomic E-state index is 5.48. The summed E-state index contributed by atoms with van der Waals surface area (Å²) in [5, 5.41) is 4.84. The number of aromatic nitrogens is 2. The summed E-state index contributed by atoms with van der Waals surface area (Å²) >= 11 is 1.85. The fourth-order valence-corrected chi connectivity index (χ4v) is 5.45. The zero-order valence-corrected chi connectivity index (χ0v) is 17.6. The van der Waals surface area contributed by atoms with Gasteiger partial charge in [0.15, 0.2) is 0 Å². The van der Waals surface area contributed by atoms with E-state index in [1.165, 1.54) is 34.2 Å². The fraction of sp³-hybridized carbons (Fsp3) is 0.455. The minimum atomic E-state index is 0.713. The van der Waals surface area contributed by atoms with Crippen molar-refractivity contribution in [3.05, 3.63) is 46.1 Å². The predicted molar refractivity (Wildman–Crippen MR) is 116 cm³/mol. The summed E-state index contributed by atoms with van der Waals surface area (Å²) in [6.07, 6.45) is 3.54. The van der Waals surface area contributed by atoms with E-state index in [0.717, 1.165) is 61.5 Å². The second-order valence-electron chi connectivity index (χ2n) is 7.62. The van der Waals surface area contributed by atoms with Gasteiger partial charge in [0.1, 0.15) is 22.2 Å². The first-order valence-electron chi connectivity index (χ1n) is 10.3. The van der Waals surface area contributed by atoms with E-state index >= 15 is 0 Å². The van der Waals surface area contributed by atoms with Crippen molar-refractivity contribution in [2.24, 2.45) is 0 Å². The SMILES string of the molecule is COc1cccc(CNc2nc(CN3CCOCC3)nc3sc4c(c23)CCC4)c1. The van der Waals surface area contributed by atoms with Crippen LogP contribution < -0.4 is 10.1 Å². The molecular weight excluding hydrogens is 384 g/mol. The minimum absolute atomic E-state index is 0.713. The van der Waals surface area contributed by atoms with E-state index in [4.69, 9.17) is 19.4 Å². The van der Waals surface area contributed by atoms with Crippen molar-refractivity contribution in [3.8, 4) is 5.75 Å². The van der Waals surface area contributed by atoms with Crippen LogP contribution in [0.4, 0.5) is 5.82 Å². The maximum Gasteiger partial charge on any atom is 0.146 e. The molecule has 3 aromatic rings. The average molecular weight is 411 g/mol. The number of thiophene rings is 1. The van der Waals surface area contributed by atoms with Gasteiger partial charge in [-0.1, -0.05) is 12.1 Å². The molecule has 3 heterocycles. The molecule has 0 bridgehead atoms. The van der Waals surface area contributed by atoms with Gasteiger partial charge in [0.25, 0.3) is 0 Å².